The van der Waals surface area contributed by atoms with Crippen LogP contribution in [0.25, 0.3) is 0 Å². The number of nitrogens with two attached hydrogens (primary N) is 1. The van der Waals surface area contributed by atoms with Gasteiger partial charge in [0.05, 0.1) is 12.2 Å². The van der Waals surface area contributed by atoms with Crippen molar-refractivity contribution in [1.29, 1.82) is 0 Å². The molecule has 3 N–H and O–H groups in total. The van der Waals surface area contributed by atoms with Crippen LogP contribution in [-0.4, -0.2) is 14.9 Å². The highest BCUT2D eigenvalue weighted by molar-refractivity contribution is 5.47. The van der Waals surface area contributed by atoms with Crippen molar-refractivity contribution in [2.75, 3.05) is 5.73 Å². The first-order valence-corrected chi connectivity index (χ1v) is 5.32. The second-order valence-corrected chi connectivity index (χ2v) is 3.93. The van der Waals surface area contributed by atoms with Crippen molar-refractivity contribution in [3.8, 4) is 5.75 Å². The first-order chi connectivity index (χ1) is 8.50. The lowest BCUT2D eigenvalue weighted by atomic mass is 10.1. The van der Waals surface area contributed by atoms with Gasteiger partial charge in [-0.05, 0) is 24.6 Å². The zero-order chi connectivity index (χ0) is 13.3. The fourth-order valence-corrected chi connectivity index (χ4v) is 1.63. The molecule has 2 rings (SSSR count). The van der Waals surface area contributed by atoms with E-state index in [-0.39, 0.29) is 11.5 Å². The van der Waals surface area contributed by atoms with Crippen LogP contribution in [0.4, 0.5) is 10.1 Å². The summed E-state index contributed by atoms with van der Waals surface area (Å²) in [4.78, 5) is 11.8. The number of rotatable bonds is 2. The van der Waals surface area contributed by atoms with Gasteiger partial charge in [0.2, 0.25) is 5.75 Å². The van der Waals surface area contributed by atoms with Crippen molar-refractivity contribution < 1.29 is 9.50 Å². The molecule has 1 aromatic carbocycles. The minimum absolute atomic E-state index is 0.0671. The molecule has 1 heterocycles. The van der Waals surface area contributed by atoms with E-state index in [1.54, 1.807) is 19.1 Å². The van der Waals surface area contributed by atoms with Crippen LogP contribution in [0.15, 0.2) is 35.3 Å². The quantitative estimate of drug-likeness (QED) is 0.840. The predicted molar refractivity (Wildman–Crippen MR) is 64.8 cm³/mol. The summed E-state index contributed by atoms with van der Waals surface area (Å²) in [5.74, 6) is -0.884. The van der Waals surface area contributed by atoms with Gasteiger partial charge in [0.25, 0.3) is 0 Å². The highest BCUT2D eigenvalue weighted by Gasteiger charge is 2.14. The van der Waals surface area contributed by atoms with Crippen LogP contribution < -0.4 is 11.3 Å². The van der Waals surface area contributed by atoms with Crippen LogP contribution in [0.3, 0.4) is 0 Å². The lowest BCUT2D eigenvalue weighted by Gasteiger charge is -2.14. The monoisotopic (exact) mass is 249 g/mol. The third kappa shape index (κ3) is 2.04. The number of anilines is 1. The number of nitrogens with zero attached hydrogens (tertiary/aromatic N) is 2. The minimum Gasteiger partial charge on any atom is -0.502 e. The molecule has 1 unspecified atom stereocenters. The Morgan fingerprint density at radius 3 is 2.61 bits per heavy atom. The molecular weight excluding hydrogens is 237 g/mol. The summed E-state index contributed by atoms with van der Waals surface area (Å²) in [5.41, 5.74) is 5.34. The van der Waals surface area contributed by atoms with E-state index in [9.17, 15) is 14.3 Å². The summed E-state index contributed by atoms with van der Waals surface area (Å²) >= 11 is 0. The van der Waals surface area contributed by atoms with Crippen LogP contribution >= 0.6 is 0 Å². The van der Waals surface area contributed by atoms with E-state index < -0.39 is 17.4 Å². The number of nitrogen functional groups attached to an aromatic ring is 1. The van der Waals surface area contributed by atoms with Crippen LogP contribution in [-0.2, 0) is 0 Å². The Bertz CT molecular complexity index is 622. The van der Waals surface area contributed by atoms with Crippen LogP contribution in [0.2, 0.25) is 0 Å². The molecule has 0 bridgehead atoms. The molecule has 1 atom stereocenters. The topological polar surface area (TPSA) is 81.1 Å². The first kappa shape index (κ1) is 12.1. The maximum Gasteiger partial charge on any atom is 0.311 e. The Balaban J connectivity index is 2.46. The highest BCUT2D eigenvalue weighted by Crippen LogP contribution is 2.18. The van der Waals surface area contributed by atoms with Gasteiger partial charge in [-0.25, -0.2) is 9.07 Å². The lowest BCUT2D eigenvalue weighted by molar-refractivity contribution is 0.439. The number of hydrogen-bond donors (Lipinski definition) is 2. The van der Waals surface area contributed by atoms with E-state index in [1.807, 2.05) is 0 Å². The first-order valence-electron chi connectivity index (χ1n) is 5.32. The normalized spacial score (nSPS) is 12.3. The molecule has 1 aromatic heterocycles. The van der Waals surface area contributed by atoms with Gasteiger partial charge in [0.1, 0.15) is 11.5 Å². The van der Waals surface area contributed by atoms with E-state index >= 15 is 0 Å². The Labute approximate surface area is 102 Å². The van der Waals surface area contributed by atoms with E-state index in [2.05, 4.69) is 5.10 Å². The molecule has 18 heavy (non-hydrogen) atoms. The van der Waals surface area contributed by atoms with E-state index in [0.29, 0.717) is 5.56 Å². The second kappa shape index (κ2) is 4.48. The van der Waals surface area contributed by atoms with E-state index in [0.717, 1.165) is 4.68 Å². The number of aromatic nitrogens is 2. The summed E-state index contributed by atoms with van der Waals surface area (Å²) in [6, 6.07) is 5.29. The van der Waals surface area contributed by atoms with Crippen LogP contribution in [0.1, 0.15) is 18.5 Å². The molecule has 94 valence electrons. The van der Waals surface area contributed by atoms with Crippen LogP contribution in [0.5, 0.6) is 5.75 Å². The van der Waals surface area contributed by atoms with Crippen molar-refractivity contribution in [3.63, 3.8) is 0 Å². The molecular formula is C12H12FN3O2. The molecule has 0 saturated carbocycles. The number of halogens is 1. The molecule has 0 aliphatic carbocycles. The Morgan fingerprint density at radius 2 is 2.00 bits per heavy atom. The third-order valence-electron chi connectivity index (χ3n) is 2.72. The average molecular weight is 249 g/mol. The summed E-state index contributed by atoms with van der Waals surface area (Å²) in [6.45, 7) is 1.72. The molecule has 6 heteroatoms. The zero-order valence-electron chi connectivity index (χ0n) is 9.67. The Morgan fingerprint density at radius 1 is 1.39 bits per heavy atom. The van der Waals surface area contributed by atoms with Crippen molar-refractivity contribution in [1.82, 2.24) is 9.78 Å². The molecule has 2 aromatic rings. The van der Waals surface area contributed by atoms with Crippen LogP contribution in [0, 0.1) is 5.82 Å². The average Bonchev–Trinajstić information content (AvgIpc) is 2.36. The molecule has 0 amide bonds. The standard InChI is InChI=1S/C12H12FN3O2/c1-7(8-2-4-9(13)5-3-8)16-12(18)11(17)10(14)6-15-16/h2-7,17H,14H2,1H3. The summed E-state index contributed by atoms with van der Waals surface area (Å²) in [6.07, 6.45) is 1.21. The predicted octanol–water partition coefficient (Wildman–Crippen LogP) is 1.28. The van der Waals surface area contributed by atoms with Gasteiger partial charge in [-0.3, -0.25) is 4.79 Å². The maximum absolute atomic E-state index is 12.8. The van der Waals surface area contributed by atoms with Gasteiger partial charge in [-0.15, -0.1) is 0 Å². The zero-order valence-corrected chi connectivity index (χ0v) is 9.67. The molecule has 0 spiro atoms. The summed E-state index contributed by atoms with van der Waals surface area (Å²) in [5, 5.41) is 13.3. The Kier molecular flexibility index (Phi) is 3.01. The van der Waals surface area contributed by atoms with E-state index in [1.165, 1.54) is 18.3 Å². The van der Waals surface area contributed by atoms with E-state index in [4.69, 9.17) is 5.73 Å². The third-order valence-corrected chi connectivity index (χ3v) is 2.72. The molecule has 0 saturated heterocycles. The van der Waals surface area contributed by atoms with Gasteiger partial charge < -0.3 is 10.8 Å². The second-order valence-electron chi connectivity index (χ2n) is 3.93. The van der Waals surface area contributed by atoms with Crippen molar-refractivity contribution in [2.45, 2.75) is 13.0 Å². The fourth-order valence-electron chi connectivity index (χ4n) is 1.63. The fraction of sp³-hybridized carbons (Fsp3) is 0.167. The minimum atomic E-state index is -0.674. The van der Waals surface area contributed by atoms with Crippen molar-refractivity contribution in [2.24, 2.45) is 0 Å². The summed E-state index contributed by atoms with van der Waals surface area (Å²) < 4.78 is 13.9. The van der Waals surface area contributed by atoms with Gasteiger partial charge in [-0.1, -0.05) is 12.1 Å². The molecule has 0 radical (unpaired) electrons. The molecule has 0 aliphatic rings. The van der Waals surface area contributed by atoms with Gasteiger partial charge >= 0.3 is 5.56 Å². The largest absolute Gasteiger partial charge is 0.502 e. The molecule has 0 fully saturated rings. The smallest absolute Gasteiger partial charge is 0.311 e. The number of aromatic hydroxyl groups is 1. The number of hydrogen-bond acceptors (Lipinski definition) is 4. The SMILES string of the molecule is CC(c1ccc(F)cc1)n1ncc(N)c(O)c1=O. The van der Waals surface area contributed by atoms with Gasteiger partial charge in [0.15, 0.2) is 0 Å². The molecule has 5 nitrogen and oxygen atoms in total. The van der Waals surface area contributed by atoms with Crippen molar-refractivity contribution >= 4 is 5.69 Å². The van der Waals surface area contributed by atoms with Gasteiger partial charge in [-0.2, -0.15) is 5.10 Å². The lowest BCUT2D eigenvalue weighted by Crippen LogP contribution is -2.26. The highest BCUT2D eigenvalue weighted by atomic mass is 19.1. The van der Waals surface area contributed by atoms with Crippen molar-refractivity contribution in [3.05, 3.63) is 52.2 Å². The number of benzene rings is 1. The molecule has 0 aliphatic heterocycles. The van der Waals surface area contributed by atoms with Gasteiger partial charge in [0, 0.05) is 0 Å². The Hall–Kier alpha value is -2.37. The maximum atomic E-state index is 12.8. The summed E-state index contributed by atoms with van der Waals surface area (Å²) in [7, 11) is 0.